The molecule has 0 aliphatic carbocycles. The summed E-state index contributed by atoms with van der Waals surface area (Å²) >= 11 is 0. The van der Waals surface area contributed by atoms with Crippen LogP contribution in [-0.2, 0) is 25.6 Å². The fraction of sp³-hybridized carbons (Fsp3) is 0.545. The molecule has 0 aliphatic rings. The zero-order valence-electron chi connectivity index (χ0n) is 19.4. The highest BCUT2D eigenvalue weighted by Crippen LogP contribution is 2.11. The molecule has 9 N–H and O–H groups in total. The van der Waals surface area contributed by atoms with Crippen LogP contribution in [0.4, 0.5) is 0 Å². The van der Waals surface area contributed by atoms with Gasteiger partial charge in [-0.1, -0.05) is 26.0 Å². The molecule has 1 aromatic carbocycles. The van der Waals surface area contributed by atoms with Crippen LogP contribution in [-0.4, -0.2) is 81.0 Å². The predicted octanol–water partition coefficient (Wildman–Crippen LogP) is -1.78. The molecular formula is C22H34N4O8. The van der Waals surface area contributed by atoms with Crippen LogP contribution in [0.15, 0.2) is 24.3 Å². The van der Waals surface area contributed by atoms with E-state index in [9.17, 15) is 34.5 Å². The number of carbonyl (C=O) groups excluding carboxylic acids is 3. The van der Waals surface area contributed by atoms with E-state index in [-0.39, 0.29) is 24.5 Å². The number of aliphatic carboxylic acids is 1. The quantitative estimate of drug-likeness (QED) is 0.159. The molecule has 0 spiro atoms. The topological polar surface area (TPSA) is 211 Å². The van der Waals surface area contributed by atoms with Gasteiger partial charge in [0.25, 0.3) is 0 Å². The Labute approximate surface area is 197 Å². The second-order valence-corrected chi connectivity index (χ2v) is 8.48. The minimum absolute atomic E-state index is 0.0302. The SMILES string of the molecule is CC(C)CC(NC(=O)C(N)Cc1ccc(O)cc1)C(=O)NC(CO)C(=O)NC(C(=O)O)C(C)O. The molecule has 0 fully saturated rings. The highest BCUT2D eigenvalue weighted by molar-refractivity contribution is 5.94. The first-order chi connectivity index (χ1) is 15.8. The van der Waals surface area contributed by atoms with Crippen molar-refractivity contribution < 1.29 is 39.6 Å². The number of aliphatic hydroxyl groups is 2. The normalized spacial score (nSPS) is 15.5. The Morgan fingerprint density at radius 1 is 0.912 bits per heavy atom. The Hall–Kier alpha value is -3.22. The minimum atomic E-state index is -1.64. The summed E-state index contributed by atoms with van der Waals surface area (Å²) in [5.41, 5.74) is 6.67. The Morgan fingerprint density at radius 2 is 1.44 bits per heavy atom. The van der Waals surface area contributed by atoms with Gasteiger partial charge in [-0.05, 0) is 43.4 Å². The first kappa shape index (κ1) is 28.8. The van der Waals surface area contributed by atoms with E-state index in [1.54, 1.807) is 12.1 Å². The maximum Gasteiger partial charge on any atom is 0.328 e. The van der Waals surface area contributed by atoms with Gasteiger partial charge in [-0.15, -0.1) is 0 Å². The van der Waals surface area contributed by atoms with Gasteiger partial charge >= 0.3 is 5.97 Å². The van der Waals surface area contributed by atoms with Crippen LogP contribution in [0.5, 0.6) is 5.75 Å². The van der Waals surface area contributed by atoms with Crippen LogP contribution < -0.4 is 21.7 Å². The van der Waals surface area contributed by atoms with E-state index >= 15 is 0 Å². The third-order valence-electron chi connectivity index (χ3n) is 4.93. The van der Waals surface area contributed by atoms with E-state index in [0.717, 1.165) is 0 Å². The fourth-order valence-electron chi connectivity index (χ4n) is 3.07. The van der Waals surface area contributed by atoms with Crippen LogP contribution >= 0.6 is 0 Å². The molecule has 34 heavy (non-hydrogen) atoms. The third kappa shape index (κ3) is 9.33. The highest BCUT2D eigenvalue weighted by atomic mass is 16.4. The maximum atomic E-state index is 12.8. The molecule has 5 unspecified atom stereocenters. The summed E-state index contributed by atoms with van der Waals surface area (Å²) in [5.74, 6) is -3.84. The molecule has 0 heterocycles. The summed E-state index contributed by atoms with van der Waals surface area (Å²) < 4.78 is 0. The monoisotopic (exact) mass is 482 g/mol. The van der Waals surface area contributed by atoms with Crippen molar-refractivity contribution in [2.24, 2.45) is 11.7 Å². The molecular weight excluding hydrogens is 448 g/mol. The zero-order valence-corrected chi connectivity index (χ0v) is 19.4. The number of benzene rings is 1. The summed E-state index contributed by atoms with van der Waals surface area (Å²) in [5, 5.41) is 44.4. The van der Waals surface area contributed by atoms with Crippen molar-refractivity contribution in [2.45, 2.75) is 63.9 Å². The Kier molecular flexibility index (Phi) is 11.4. The van der Waals surface area contributed by atoms with Crippen molar-refractivity contribution in [3.8, 4) is 5.75 Å². The van der Waals surface area contributed by atoms with E-state index < -0.39 is 60.6 Å². The molecule has 0 bridgehead atoms. The molecule has 0 saturated carbocycles. The largest absolute Gasteiger partial charge is 0.508 e. The van der Waals surface area contributed by atoms with Gasteiger partial charge in [0, 0.05) is 0 Å². The Balaban J connectivity index is 2.85. The molecule has 12 nitrogen and oxygen atoms in total. The highest BCUT2D eigenvalue weighted by Gasteiger charge is 2.31. The lowest BCUT2D eigenvalue weighted by atomic mass is 10.0. The van der Waals surface area contributed by atoms with Gasteiger partial charge < -0.3 is 42.1 Å². The van der Waals surface area contributed by atoms with Crippen LogP contribution in [0.1, 0.15) is 32.8 Å². The molecule has 0 aliphatic heterocycles. The number of hydrogen-bond acceptors (Lipinski definition) is 8. The number of nitrogens with one attached hydrogen (secondary N) is 3. The summed E-state index contributed by atoms with van der Waals surface area (Å²) in [7, 11) is 0. The lowest BCUT2D eigenvalue weighted by molar-refractivity contribution is -0.145. The van der Waals surface area contributed by atoms with E-state index in [2.05, 4.69) is 16.0 Å². The predicted molar refractivity (Wildman–Crippen MR) is 121 cm³/mol. The average Bonchev–Trinajstić information content (AvgIpc) is 2.75. The summed E-state index contributed by atoms with van der Waals surface area (Å²) in [6.45, 7) is 3.96. The Morgan fingerprint density at radius 3 is 1.91 bits per heavy atom. The molecule has 0 aromatic heterocycles. The van der Waals surface area contributed by atoms with Crippen molar-refractivity contribution in [3.05, 3.63) is 29.8 Å². The van der Waals surface area contributed by atoms with Crippen LogP contribution in [0.2, 0.25) is 0 Å². The van der Waals surface area contributed by atoms with Crippen molar-refractivity contribution in [2.75, 3.05) is 6.61 Å². The van der Waals surface area contributed by atoms with Gasteiger partial charge in [0.05, 0.1) is 18.8 Å². The molecule has 1 rings (SSSR count). The first-order valence-corrected chi connectivity index (χ1v) is 10.8. The second kappa shape index (κ2) is 13.5. The number of carbonyl (C=O) groups is 4. The molecule has 0 saturated heterocycles. The molecule has 5 atom stereocenters. The van der Waals surface area contributed by atoms with E-state index in [4.69, 9.17) is 10.8 Å². The standard InChI is InChI=1S/C22H34N4O8/c1-11(2)8-16(24-19(30)15(23)9-13-4-6-14(29)7-5-13)20(31)25-17(10-27)21(32)26-18(12(3)28)22(33)34/h4-7,11-12,15-18,27-29H,8-10,23H2,1-3H3,(H,24,30)(H,25,31)(H,26,32)(H,33,34). The molecule has 0 radical (unpaired) electrons. The number of carboxylic acids is 1. The molecule has 1 aromatic rings. The second-order valence-electron chi connectivity index (χ2n) is 8.48. The number of phenolic OH excluding ortho intramolecular Hbond substituents is 1. The van der Waals surface area contributed by atoms with Gasteiger partial charge in [0.15, 0.2) is 6.04 Å². The fourth-order valence-corrected chi connectivity index (χ4v) is 3.07. The number of hydrogen-bond donors (Lipinski definition) is 8. The smallest absolute Gasteiger partial charge is 0.328 e. The molecule has 190 valence electrons. The van der Waals surface area contributed by atoms with Crippen molar-refractivity contribution in [1.82, 2.24) is 16.0 Å². The average molecular weight is 483 g/mol. The number of phenols is 1. The lowest BCUT2D eigenvalue weighted by Gasteiger charge is -2.25. The number of aliphatic hydroxyl groups excluding tert-OH is 2. The van der Waals surface area contributed by atoms with Gasteiger partial charge in [-0.3, -0.25) is 14.4 Å². The summed E-state index contributed by atoms with van der Waals surface area (Å²) in [4.78, 5) is 48.9. The summed E-state index contributed by atoms with van der Waals surface area (Å²) in [6.07, 6.45) is -1.06. The van der Waals surface area contributed by atoms with Crippen LogP contribution in [0, 0.1) is 5.92 Å². The lowest BCUT2D eigenvalue weighted by Crippen LogP contribution is -2.59. The number of aromatic hydroxyl groups is 1. The summed E-state index contributed by atoms with van der Waals surface area (Å²) in [6, 6.07) is 0.931. The van der Waals surface area contributed by atoms with E-state index in [1.165, 1.54) is 19.1 Å². The molecule has 3 amide bonds. The van der Waals surface area contributed by atoms with Crippen molar-refractivity contribution in [3.63, 3.8) is 0 Å². The van der Waals surface area contributed by atoms with E-state index in [1.807, 2.05) is 13.8 Å². The van der Waals surface area contributed by atoms with E-state index in [0.29, 0.717) is 5.56 Å². The zero-order chi connectivity index (χ0) is 26.0. The van der Waals surface area contributed by atoms with Gasteiger partial charge in [0.1, 0.15) is 17.8 Å². The van der Waals surface area contributed by atoms with Crippen molar-refractivity contribution >= 4 is 23.7 Å². The molecule has 12 heteroatoms. The van der Waals surface area contributed by atoms with Crippen LogP contribution in [0.3, 0.4) is 0 Å². The number of carboxylic acid groups (broad SMARTS) is 1. The number of amides is 3. The third-order valence-corrected chi connectivity index (χ3v) is 4.93. The van der Waals surface area contributed by atoms with Gasteiger partial charge in [-0.25, -0.2) is 4.79 Å². The van der Waals surface area contributed by atoms with Gasteiger partial charge in [0.2, 0.25) is 17.7 Å². The maximum absolute atomic E-state index is 12.8. The van der Waals surface area contributed by atoms with Crippen LogP contribution in [0.25, 0.3) is 0 Å². The Bertz CT molecular complexity index is 844. The number of nitrogens with two attached hydrogens (primary N) is 1. The minimum Gasteiger partial charge on any atom is -0.508 e. The van der Waals surface area contributed by atoms with Crippen molar-refractivity contribution in [1.29, 1.82) is 0 Å². The number of rotatable bonds is 13. The van der Waals surface area contributed by atoms with Gasteiger partial charge in [-0.2, -0.15) is 0 Å². The first-order valence-electron chi connectivity index (χ1n) is 10.8.